The van der Waals surface area contributed by atoms with Crippen LogP contribution in [0.25, 0.3) is 0 Å². The van der Waals surface area contributed by atoms with Crippen LogP contribution in [0.5, 0.6) is 0 Å². The van der Waals surface area contributed by atoms with Crippen LogP contribution < -0.4 is 0 Å². The molecule has 1 N–H and O–H groups in total. The van der Waals surface area contributed by atoms with E-state index in [1.54, 1.807) is 0 Å². The summed E-state index contributed by atoms with van der Waals surface area (Å²) in [6.45, 7) is 7.51. The molecule has 0 aliphatic heterocycles. The SMILES string of the molecule is CC(C)(C)OC(=O)CCOCCOCCN=N. The van der Waals surface area contributed by atoms with E-state index in [4.69, 9.17) is 19.7 Å². The number of hydrogen-bond donors (Lipinski definition) is 1. The predicted octanol–water partition coefficient (Wildman–Crippen LogP) is 1.78. The van der Waals surface area contributed by atoms with Crippen LogP contribution in [0.2, 0.25) is 0 Å². The maximum atomic E-state index is 11.3. The number of rotatable bonds is 9. The highest BCUT2D eigenvalue weighted by Gasteiger charge is 2.15. The van der Waals surface area contributed by atoms with Crippen molar-refractivity contribution in [3.63, 3.8) is 0 Å². The second-order valence-electron chi connectivity index (χ2n) is 4.44. The number of carbonyl (C=O) groups is 1. The molecule has 0 amide bonds. The van der Waals surface area contributed by atoms with Crippen molar-refractivity contribution in [2.75, 3.05) is 33.0 Å². The van der Waals surface area contributed by atoms with Crippen LogP contribution in [0, 0.1) is 5.53 Å². The second-order valence-corrected chi connectivity index (χ2v) is 4.44. The van der Waals surface area contributed by atoms with Gasteiger partial charge >= 0.3 is 5.97 Å². The molecule has 0 saturated carbocycles. The molecule has 0 aromatic carbocycles. The van der Waals surface area contributed by atoms with Crippen LogP contribution in [-0.2, 0) is 19.0 Å². The van der Waals surface area contributed by atoms with Gasteiger partial charge in [-0.3, -0.25) is 4.79 Å². The van der Waals surface area contributed by atoms with Crippen molar-refractivity contribution in [3.8, 4) is 0 Å². The van der Waals surface area contributed by atoms with Gasteiger partial charge in [0.05, 0.1) is 39.4 Å². The van der Waals surface area contributed by atoms with E-state index in [0.717, 1.165) is 0 Å². The standard InChI is InChI=1S/C11H22N2O4/c1-11(2,3)17-10(14)4-6-15-8-9-16-7-5-13-12/h12H,4-9H2,1-3H3. The summed E-state index contributed by atoms with van der Waals surface area (Å²) in [5.41, 5.74) is 6.09. The molecule has 0 aliphatic rings. The van der Waals surface area contributed by atoms with E-state index in [2.05, 4.69) is 5.11 Å². The van der Waals surface area contributed by atoms with Crippen LogP contribution >= 0.6 is 0 Å². The van der Waals surface area contributed by atoms with Crippen molar-refractivity contribution in [1.29, 1.82) is 5.53 Å². The van der Waals surface area contributed by atoms with Gasteiger partial charge < -0.3 is 14.2 Å². The van der Waals surface area contributed by atoms with Crippen molar-refractivity contribution >= 4 is 5.97 Å². The van der Waals surface area contributed by atoms with Gasteiger partial charge in [0, 0.05) is 0 Å². The summed E-state index contributed by atoms with van der Waals surface area (Å²) in [6.07, 6.45) is 0.249. The van der Waals surface area contributed by atoms with E-state index in [-0.39, 0.29) is 12.4 Å². The van der Waals surface area contributed by atoms with Gasteiger partial charge in [0.15, 0.2) is 0 Å². The van der Waals surface area contributed by atoms with Crippen molar-refractivity contribution in [2.45, 2.75) is 32.8 Å². The molecule has 17 heavy (non-hydrogen) atoms. The first kappa shape index (κ1) is 16.0. The van der Waals surface area contributed by atoms with Crippen LogP contribution in [0.15, 0.2) is 5.11 Å². The lowest BCUT2D eigenvalue weighted by Crippen LogP contribution is -2.24. The van der Waals surface area contributed by atoms with Crippen molar-refractivity contribution < 1.29 is 19.0 Å². The largest absolute Gasteiger partial charge is 0.460 e. The van der Waals surface area contributed by atoms with Gasteiger partial charge in [-0.15, -0.1) is 0 Å². The molecule has 6 nitrogen and oxygen atoms in total. The quantitative estimate of drug-likeness (QED) is 0.382. The fourth-order valence-corrected chi connectivity index (χ4v) is 0.980. The Kier molecular flexibility index (Phi) is 8.53. The topological polar surface area (TPSA) is 81.0 Å². The summed E-state index contributed by atoms with van der Waals surface area (Å²) < 4.78 is 15.4. The number of ether oxygens (including phenoxy) is 3. The minimum atomic E-state index is -0.444. The zero-order valence-corrected chi connectivity index (χ0v) is 10.8. The minimum absolute atomic E-state index is 0.249. The van der Waals surface area contributed by atoms with Gasteiger partial charge in [-0.1, -0.05) is 0 Å². The number of carbonyl (C=O) groups excluding carboxylic acids is 1. The first-order valence-electron chi connectivity index (χ1n) is 5.66. The zero-order valence-electron chi connectivity index (χ0n) is 10.8. The Morgan fingerprint density at radius 1 is 1.12 bits per heavy atom. The third kappa shape index (κ3) is 12.9. The lowest BCUT2D eigenvalue weighted by atomic mass is 10.2. The fourth-order valence-electron chi connectivity index (χ4n) is 0.980. The maximum Gasteiger partial charge on any atom is 0.308 e. The summed E-state index contributed by atoms with van der Waals surface area (Å²) in [5.74, 6) is -0.258. The van der Waals surface area contributed by atoms with E-state index < -0.39 is 5.60 Å². The molecule has 0 spiro atoms. The molecule has 0 unspecified atom stereocenters. The highest BCUT2D eigenvalue weighted by molar-refractivity contribution is 5.69. The van der Waals surface area contributed by atoms with Gasteiger partial charge in [-0.2, -0.15) is 5.11 Å². The highest BCUT2D eigenvalue weighted by Crippen LogP contribution is 2.07. The fraction of sp³-hybridized carbons (Fsp3) is 0.909. The van der Waals surface area contributed by atoms with Crippen molar-refractivity contribution in [3.05, 3.63) is 0 Å². The van der Waals surface area contributed by atoms with Gasteiger partial charge in [-0.25, -0.2) is 5.53 Å². The summed E-state index contributed by atoms with van der Waals surface area (Å²) in [6, 6.07) is 0. The monoisotopic (exact) mass is 246 g/mol. The average molecular weight is 246 g/mol. The Balaban J connectivity index is 3.28. The lowest BCUT2D eigenvalue weighted by molar-refractivity contribution is -0.156. The molecule has 0 atom stereocenters. The van der Waals surface area contributed by atoms with Crippen molar-refractivity contribution in [1.82, 2.24) is 0 Å². The number of hydrogen-bond acceptors (Lipinski definition) is 6. The number of esters is 1. The third-order valence-corrected chi connectivity index (χ3v) is 1.59. The first-order valence-corrected chi connectivity index (χ1v) is 5.66. The molecule has 0 fully saturated rings. The lowest BCUT2D eigenvalue weighted by Gasteiger charge is -2.19. The summed E-state index contributed by atoms with van der Waals surface area (Å²) >= 11 is 0. The molecule has 0 aromatic rings. The summed E-state index contributed by atoms with van der Waals surface area (Å²) in [4.78, 5) is 11.3. The van der Waals surface area contributed by atoms with Gasteiger partial charge in [0.2, 0.25) is 0 Å². The molecule has 0 aliphatic carbocycles. The van der Waals surface area contributed by atoms with Crippen LogP contribution in [0.3, 0.4) is 0 Å². The van der Waals surface area contributed by atoms with Crippen LogP contribution in [-0.4, -0.2) is 44.5 Å². The maximum absolute atomic E-state index is 11.3. The Labute approximate surface area is 102 Å². The van der Waals surface area contributed by atoms with E-state index in [1.165, 1.54) is 0 Å². The van der Waals surface area contributed by atoms with E-state index >= 15 is 0 Å². The van der Waals surface area contributed by atoms with Crippen molar-refractivity contribution in [2.24, 2.45) is 5.11 Å². The normalized spacial score (nSPS) is 11.2. The Morgan fingerprint density at radius 2 is 1.71 bits per heavy atom. The Morgan fingerprint density at radius 3 is 2.24 bits per heavy atom. The first-order chi connectivity index (χ1) is 7.95. The number of nitrogens with one attached hydrogen (secondary N) is 1. The van der Waals surface area contributed by atoms with Crippen LogP contribution in [0.1, 0.15) is 27.2 Å². The molecule has 0 rings (SSSR count). The van der Waals surface area contributed by atoms with Gasteiger partial charge in [0.1, 0.15) is 5.60 Å². The Hall–Kier alpha value is -1.01. The average Bonchev–Trinajstić information content (AvgIpc) is 2.19. The predicted molar refractivity (Wildman–Crippen MR) is 62.1 cm³/mol. The molecule has 0 heterocycles. The van der Waals surface area contributed by atoms with E-state index in [1.807, 2.05) is 20.8 Å². The minimum Gasteiger partial charge on any atom is -0.460 e. The molecule has 0 aromatic heterocycles. The summed E-state index contributed by atoms with van der Waals surface area (Å²) in [5, 5.41) is 3.15. The molecular weight excluding hydrogens is 224 g/mol. The summed E-state index contributed by atoms with van der Waals surface area (Å²) in [7, 11) is 0. The molecule has 0 saturated heterocycles. The van der Waals surface area contributed by atoms with E-state index in [9.17, 15) is 4.79 Å². The molecular formula is C11H22N2O4. The Bertz CT molecular complexity index is 226. The van der Waals surface area contributed by atoms with Gasteiger partial charge in [0.25, 0.3) is 0 Å². The van der Waals surface area contributed by atoms with Gasteiger partial charge in [-0.05, 0) is 20.8 Å². The molecule has 0 radical (unpaired) electrons. The highest BCUT2D eigenvalue weighted by atomic mass is 16.6. The van der Waals surface area contributed by atoms with Crippen LogP contribution in [0.4, 0.5) is 0 Å². The molecule has 100 valence electrons. The zero-order chi connectivity index (χ0) is 13.1. The molecule has 6 heteroatoms. The van der Waals surface area contributed by atoms with E-state index in [0.29, 0.717) is 33.0 Å². The third-order valence-electron chi connectivity index (χ3n) is 1.59. The number of nitrogens with zero attached hydrogens (tertiary/aromatic N) is 1. The molecule has 0 bridgehead atoms. The second kappa shape index (κ2) is 9.07. The smallest absolute Gasteiger partial charge is 0.308 e.